The SMILES string of the molecule is COc1ccc(NCc2nnc(SCC(=O)NN=Cc3cc(OC)c(OC)c(OC)c3)n2-c2ccccc2)cc1. The van der Waals surface area contributed by atoms with Crippen LogP contribution in [-0.4, -0.2) is 61.1 Å². The first kappa shape index (κ1) is 28.3. The number of hydrazone groups is 1. The summed E-state index contributed by atoms with van der Waals surface area (Å²) in [4.78, 5) is 12.6. The van der Waals surface area contributed by atoms with Crippen molar-refractivity contribution in [1.29, 1.82) is 0 Å². The predicted octanol–water partition coefficient (Wildman–Crippen LogP) is 4.16. The van der Waals surface area contributed by atoms with E-state index in [1.807, 2.05) is 59.2 Å². The third-order valence-corrected chi connectivity index (χ3v) is 6.61. The number of benzene rings is 3. The highest BCUT2D eigenvalue weighted by molar-refractivity contribution is 7.99. The number of carbonyl (C=O) groups is 1. The van der Waals surface area contributed by atoms with E-state index in [4.69, 9.17) is 18.9 Å². The molecule has 2 N–H and O–H groups in total. The lowest BCUT2D eigenvalue weighted by Gasteiger charge is -2.12. The van der Waals surface area contributed by atoms with E-state index in [1.54, 1.807) is 19.2 Å². The van der Waals surface area contributed by atoms with Crippen molar-refractivity contribution in [2.75, 3.05) is 39.5 Å². The molecule has 0 radical (unpaired) electrons. The highest BCUT2D eigenvalue weighted by Crippen LogP contribution is 2.37. The first-order valence-corrected chi connectivity index (χ1v) is 13.2. The Hall–Kier alpha value is -4.71. The molecule has 208 valence electrons. The summed E-state index contributed by atoms with van der Waals surface area (Å²) in [6.07, 6.45) is 1.50. The molecule has 0 bridgehead atoms. The van der Waals surface area contributed by atoms with Gasteiger partial charge in [0.05, 0.1) is 47.0 Å². The van der Waals surface area contributed by atoms with Crippen LogP contribution in [0.1, 0.15) is 11.4 Å². The van der Waals surface area contributed by atoms with Gasteiger partial charge in [-0.25, -0.2) is 5.43 Å². The molecule has 0 saturated heterocycles. The van der Waals surface area contributed by atoms with E-state index < -0.39 is 0 Å². The Bertz CT molecular complexity index is 1420. The number of amides is 1. The number of anilines is 1. The number of nitrogens with zero attached hydrogens (tertiary/aromatic N) is 4. The summed E-state index contributed by atoms with van der Waals surface area (Å²) >= 11 is 1.26. The minimum Gasteiger partial charge on any atom is -0.497 e. The van der Waals surface area contributed by atoms with E-state index in [-0.39, 0.29) is 11.7 Å². The minimum atomic E-state index is -0.297. The minimum absolute atomic E-state index is 0.0868. The second-order valence-electron chi connectivity index (χ2n) is 8.19. The molecule has 40 heavy (non-hydrogen) atoms. The first-order valence-electron chi connectivity index (χ1n) is 12.2. The number of ether oxygens (including phenoxy) is 4. The van der Waals surface area contributed by atoms with Crippen molar-refractivity contribution in [3.63, 3.8) is 0 Å². The smallest absolute Gasteiger partial charge is 0.250 e. The van der Waals surface area contributed by atoms with Crippen molar-refractivity contribution >= 4 is 29.6 Å². The summed E-state index contributed by atoms with van der Waals surface area (Å²) in [5.74, 6) is 2.72. The number of methoxy groups -OCH3 is 4. The van der Waals surface area contributed by atoms with Gasteiger partial charge < -0.3 is 24.3 Å². The zero-order valence-corrected chi connectivity index (χ0v) is 23.4. The number of carbonyl (C=O) groups excluding carboxylic acids is 1. The van der Waals surface area contributed by atoms with Crippen LogP contribution in [0.5, 0.6) is 23.0 Å². The van der Waals surface area contributed by atoms with Gasteiger partial charge in [0.1, 0.15) is 5.75 Å². The Balaban J connectivity index is 1.42. The van der Waals surface area contributed by atoms with E-state index in [9.17, 15) is 4.79 Å². The summed E-state index contributed by atoms with van der Waals surface area (Å²) < 4.78 is 23.2. The molecule has 3 aromatic carbocycles. The van der Waals surface area contributed by atoms with Crippen LogP contribution in [0.15, 0.2) is 77.0 Å². The molecule has 4 aromatic rings. The van der Waals surface area contributed by atoms with Crippen LogP contribution in [0.25, 0.3) is 5.69 Å². The molecule has 0 unspecified atom stereocenters. The van der Waals surface area contributed by atoms with Crippen LogP contribution in [0, 0.1) is 0 Å². The Morgan fingerprint density at radius 3 is 2.25 bits per heavy atom. The molecule has 11 nitrogen and oxygen atoms in total. The topological polar surface area (TPSA) is 121 Å². The molecule has 12 heteroatoms. The summed E-state index contributed by atoms with van der Waals surface area (Å²) in [6, 6.07) is 20.8. The monoisotopic (exact) mass is 562 g/mol. The molecule has 0 saturated carbocycles. The zero-order chi connectivity index (χ0) is 28.3. The number of aromatic nitrogens is 3. The molecular formula is C28H30N6O5S. The summed E-state index contributed by atoms with van der Waals surface area (Å²) in [7, 11) is 6.23. The molecule has 0 aliphatic rings. The van der Waals surface area contributed by atoms with Gasteiger partial charge in [0.2, 0.25) is 5.75 Å². The molecule has 0 aliphatic heterocycles. The average Bonchev–Trinajstić information content (AvgIpc) is 3.41. The van der Waals surface area contributed by atoms with Crippen LogP contribution in [0.3, 0.4) is 0 Å². The van der Waals surface area contributed by atoms with Gasteiger partial charge in [-0.2, -0.15) is 5.10 Å². The van der Waals surface area contributed by atoms with Crippen LogP contribution in [0.2, 0.25) is 0 Å². The molecule has 0 aliphatic carbocycles. The Morgan fingerprint density at radius 2 is 1.62 bits per heavy atom. The lowest BCUT2D eigenvalue weighted by atomic mass is 10.2. The molecule has 0 atom stereocenters. The number of rotatable bonds is 13. The van der Waals surface area contributed by atoms with Crippen LogP contribution < -0.4 is 29.7 Å². The van der Waals surface area contributed by atoms with Gasteiger partial charge in [-0.05, 0) is 48.5 Å². The van der Waals surface area contributed by atoms with Gasteiger partial charge >= 0.3 is 0 Å². The normalized spacial score (nSPS) is 10.8. The lowest BCUT2D eigenvalue weighted by molar-refractivity contribution is -0.118. The third kappa shape index (κ3) is 7.03. The maximum absolute atomic E-state index is 12.6. The van der Waals surface area contributed by atoms with Gasteiger partial charge in [0.25, 0.3) is 5.91 Å². The largest absolute Gasteiger partial charge is 0.497 e. The van der Waals surface area contributed by atoms with Crippen LogP contribution in [0.4, 0.5) is 5.69 Å². The van der Waals surface area contributed by atoms with Crippen molar-refractivity contribution in [3.8, 4) is 28.7 Å². The van der Waals surface area contributed by atoms with Crippen molar-refractivity contribution in [2.24, 2.45) is 5.10 Å². The Kier molecular flexibility index (Phi) is 9.83. The average molecular weight is 563 g/mol. The van der Waals surface area contributed by atoms with Crippen molar-refractivity contribution < 1.29 is 23.7 Å². The van der Waals surface area contributed by atoms with E-state index in [0.717, 1.165) is 17.1 Å². The second kappa shape index (κ2) is 13.9. The van der Waals surface area contributed by atoms with E-state index in [2.05, 4.69) is 26.0 Å². The van der Waals surface area contributed by atoms with Gasteiger partial charge in [0, 0.05) is 16.9 Å². The third-order valence-electron chi connectivity index (χ3n) is 5.68. The van der Waals surface area contributed by atoms with Gasteiger partial charge in [-0.15, -0.1) is 10.2 Å². The number of hydrogen-bond acceptors (Lipinski definition) is 10. The van der Waals surface area contributed by atoms with Gasteiger partial charge in [0.15, 0.2) is 22.5 Å². The van der Waals surface area contributed by atoms with E-state index in [1.165, 1.54) is 39.3 Å². The fourth-order valence-electron chi connectivity index (χ4n) is 3.75. The van der Waals surface area contributed by atoms with Crippen molar-refractivity contribution in [3.05, 3.63) is 78.1 Å². The predicted molar refractivity (Wildman–Crippen MR) is 154 cm³/mol. The molecule has 0 fully saturated rings. The Labute approximate surface area is 236 Å². The molecular weight excluding hydrogens is 532 g/mol. The maximum Gasteiger partial charge on any atom is 0.250 e. The molecule has 1 heterocycles. The first-order chi connectivity index (χ1) is 19.6. The Morgan fingerprint density at radius 1 is 0.925 bits per heavy atom. The fourth-order valence-corrected chi connectivity index (χ4v) is 4.51. The molecule has 1 amide bonds. The van der Waals surface area contributed by atoms with Crippen molar-refractivity contribution in [1.82, 2.24) is 20.2 Å². The van der Waals surface area contributed by atoms with Crippen LogP contribution >= 0.6 is 11.8 Å². The van der Waals surface area contributed by atoms with Gasteiger partial charge in [-0.3, -0.25) is 9.36 Å². The second-order valence-corrected chi connectivity index (χ2v) is 9.13. The molecule has 0 spiro atoms. The summed E-state index contributed by atoms with van der Waals surface area (Å²) in [5, 5.41) is 16.7. The standard InChI is InChI=1S/C28H30N6O5S/c1-36-22-12-10-20(11-13-22)29-17-25-31-33-28(34(25)21-8-6-5-7-9-21)40-18-26(35)32-30-16-19-14-23(37-2)27(39-4)24(15-19)38-3/h5-16,29H,17-18H2,1-4H3,(H,32,35). The van der Waals surface area contributed by atoms with E-state index >= 15 is 0 Å². The number of para-hydroxylation sites is 1. The summed E-state index contributed by atoms with van der Waals surface area (Å²) in [6.45, 7) is 0.431. The highest BCUT2D eigenvalue weighted by atomic mass is 32.2. The van der Waals surface area contributed by atoms with E-state index in [0.29, 0.717) is 40.3 Å². The maximum atomic E-state index is 12.6. The highest BCUT2D eigenvalue weighted by Gasteiger charge is 2.16. The quantitative estimate of drug-likeness (QED) is 0.141. The van der Waals surface area contributed by atoms with Crippen molar-refractivity contribution in [2.45, 2.75) is 11.7 Å². The molecule has 4 rings (SSSR count). The van der Waals surface area contributed by atoms with Crippen LogP contribution in [-0.2, 0) is 11.3 Å². The fraction of sp³-hybridized carbons (Fsp3) is 0.214. The lowest BCUT2D eigenvalue weighted by Crippen LogP contribution is -2.20. The zero-order valence-electron chi connectivity index (χ0n) is 22.6. The number of hydrogen-bond donors (Lipinski definition) is 2. The molecule has 1 aromatic heterocycles. The number of nitrogens with one attached hydrogen (secondary N) is 2. The summed E-state index contributed by atoms with van der Waals surface area (Å²) in [5.41, 5.74) is 5.02. The van der Waals surface area contributed by atoms with Gasteiger partial charge in [-0.1, -0.05) is 30.0 Å². The number of thioether (sulfide) groups is 1.